The van der Waals surface area contributed by atoms with Crippen LogP contribution in [0.5, 0.6) is 0 Å². The van der Waals surface area contributed by atoms with E-state index in [1.54, 1.807) is 24.3 Å². The summed E-state index contributed by atoms with van der Waals surface area (Å²) in [7, 11) is -3.87. The van der Waals surface area contributed by atoms with Crippen LogP contribution >= 0.6 is 11.6 Å². The topological polar surface area (TPSA) is 86.8 Å². The van der Waals surface area contributed by atoms with Crippen LogP contribution in [-0.2, 0) is 32.6 Å². The molecule has 0 heterocycles. The summed E-state index contributed by atoms with van der Waals surface area (Å²) in [6, 6.07) is 18.3. The molecule has 0 aliphatic carbocycles. The quantitative estimate of drug-likeness (QED) is 0.255. The predicted octanol–water partition coefficient (Wildman–Crippen LogP) is 5.58. The molecule has 0 bridgehead atoms. The highest BCUT2D eigenvalue weighted by Gasteiger charge is 2.31. The second-order valence-electron chi connectivity index (χ2n) is 10.5. The first-order chi connectivity index (χ1) is 19.9. The molecule has 42 heavy (non-hydrogen) atoms. The van der Waals surface area contributed by atoms with Crippen molar-refractivity contribution in [2.75, 3.05) is 23.7 Å². The van der Waals surface area contributed by atoms with Crippen molar-refractivity contribution in [1.82, 2.24) is 10.2 Å². The summed E-state index contributed by atoms with van der Waals surface area (Å²) in [5.41, 5.74) is 1.47. The van der Waals surface area contributed by atoms with E-state index in [1.807, 2.05) is 44.2 Å². The van der Waals surface area contributed by atoms with Crippen LogP contribution in [0.3, 0.4) is 0 Å². The average molecular weight is 620 g/mol. The number of carbonyl (C=O) groups is 2. The lowest BCUT2D eigenvalue weighted by molar-refractivity contribution is -0.141. The minimum Gasteiger partial charge on any atom is -0.354 e. The smallest absolute Gasteiger partial charge is 0.243 e. The molecular formula is C31H36ClF2N3O4S. The van der Waals surface area contributed by atoms with Crippen molar-refractivity contribution in [3.8, 4) is 0 Å². The molecule has 1 N–H and O–H groups in total. The Hall–Kier alpha value is -3.50. The zero-order valence-corrected chi connectivity index (χ0v) is 25.5. The lowest BCUT2D eigenvalue weighted by Gasteiger charge is -2.32. The van der Waals surface area contributed by atoms with Gasteiger partial charge in [0.15, 0.2) is 11.6 Å². The molecule has 0 aromatic heterocycles. The first kappa shape index (κ1) is 33.0. The van der Waals surface area contributed by atoms with Gasteiger partial charge < -0.3 is 10.2 Å². The Bertz CT molecular complexity index is 1470. The summed E-state index contributed by atoms with van der Waals surface area (Å²) in [5.74, 6) is -2.78. The lowest BCUT2D eigenvalue weighted by atomic mass is 10.0. The number of anilines is 1. The normalized spacial score (nSPS) is 12.2. The molecule has 3 aromatic carbocycles. The van der Waals surface area contributed by atoms with Crippen molar-refractivity contribution in [2.45, 2.75) is 45.7 Å². The van der Waals surface area contributed by atoms with E-state index < -0.39 is 27.7 Å². The molecule has 0 aliphatic rings. The van der Waals surface area contributed by atoms with Gasteiger partial charge in [-0.25, -0.2) is 17.2 Å². The fourth-order valence-corrected chi connectivity index (χ4v) is 5.58. The lowest BCUT2D eigenvalue weighted by Crippen LogP contribution is -2.51. The average Bonchev–Trinajstić information content (AvgIpc) is 2.94. The van der Waals surface area contributed by atoms with Crippen LogP contribution in [0.2, 0.25) is 5.02 Å². The molecule has 1 atom stereocenters. The van der Waals surface area contributed by atoms with Crippen molar-refractivity contribution in [2.24, 2.45) is 5.92 Å². The van der Waals surface area contributed by atoms with Gasteiger partial charge in [-0.1, -0.05) is 74.0 Å². The Kier molecular flexibility index (Phi) is 11.9. The third kappa shape index (κ3) is 9.52. The summed E-state index contributed by atoms with van der Waals surface area (Å²) in [6.07, 6.45) is 1.17. The van der Waals surface area contributed by atoms with Gasteiger partial charge in [-0.2, -0.15) is 0 Å². The Morgan fingerprint density at radius 3 is 2.24 bits per heavy atom. The largest absolute Gasteiger partial charge is 0.354 e. The zero-order valence-electron chi connectivity index (χ0n) is 23.9. The molecule has 3 aromatic rings. The van der Waals surface area contributed by atoms with E-state index in [1.165, 1.54) is 11.0 Å². The molecule has 0 fully saturated rings. The van der Waals surface area contributed by atoms with Crippen LogP contribution in [0, 0.1) is 17.6 Å². The van der Waals surface area contributed by atoms with Crippen LogP contribution in [0.15, 0.2) is 72.8 Å². The number of halogens is 3. The van der Waals surface area contributed by atoms with E-state index in [2.05, 4.69) is 5.32 Å². The monoisotopic (exact) mass is 619 g/mol. The molecule has 0 unspecified atom stereocenters. The van der Waals surface area contributed by atoms with Crippen molar-refractivity contribution in [3.05, 3.63) is 101 Å². The van der Waals surface area contributed by atoms with Gasteiger partial charge in [0, 0.05) is 43.6 Å². The summed E-state index contributed by atoms with van der Waals surface area (Å²) < 4.78 is 53.3. The third-order valence-electron chi connectivity index (χ3n) is 6.60. The number of benzene rings is 3. The van der Waals surface area contributed by atoms with Gasteiger partial charge in [0.05, 0.1) is 11.9 Å². The van der Waals surface area contributed by atoms with Crippen LogP contribution in [0.25, 0.3) is 0 Å². The minimum absolute atomic E-state index is 0.0493. The first-order valence-electron chi connectivity index (χ1n) is 13.6. The van der Waals surface area contributed by atoms with Crippen LogP contribution in [0.1, 0.15) is 37.8 Å². The van der Waals surface area contributed by atoms with Crippen LogP contribution < -0.4 is 9.62 Å². The van der Waals surface area contributed by atoms with Crippen molar-refractivity contribution in [3.63, 3.8) is 0 Å². The minimum atomic E-state index is -3.87. The second kappa shape index (κ2) is 15.1. The number of amides is 2. The fraction of sp³-hybridized carbons (Fsp3) is 0.355. The third-order valence-corrected chi connectivity index (χ3v) is 8.16. The van der Waals surface area contributed by atoms with Gasteiger partial charge in [-0.15, -0.1) is 0 Å². The number of nitrogens with zero attached hydrogens (tertiary/aromatic N) is 2. The summed E-state index contributed by atoms with van der Waals surface area (Å²) in [6.45, 7) is 4.28. The van der Waals surface area contributed by atoms with Crippen molar-refractivity contribution >= 4 is 39.1 Å². The Balaban J connectivity index is 1.89. The standard InChI is InChI=1S/C31H36ClF2N3O4S/c1-22(2)20-35-31(39)29(18-23-10-5-4-6-11-23)36(21-24-12-7-8-13-26(24)32)30(38)14-9-17-37(42(3,40)41)25-15-16-27(33)28(34)19-25/h4-8,10-13,15-16,19,22,29H,9,14,17-18,20-21H2,1-3H3,(H,35,39)/t29-/m0/s1. The van der Waals surface area contributed by atoms with Gasteiger partial charge >= 0.3 is 0 Å². The first-order valence-corrected chi connectivity index (χ1v) is 15.9. The molecule has 0 spiro atoms. The van der Waals surface area contributed by atoms with Gasteiger partial charge in [0.2, 0.25) is 21.8 Å². The molecular weight excluding hydrogens is 584 g/mol. The molecule has 0 saturated heterocycles. The Morgan fingerprint density at radius 2 is 1.62 bits per heavy atom. The zero-order chi connectivity index (χ0) is 30.9. The van der Waals surface area contributed by atoms with Gasteiger partial charge in [-0.05, 0) is 41.7 Å². The second-order valence-corrected chi connectivity index (χ2v) is 12.8. The van der Waals surface area contributed by atoms with E-state index >= 15 is 0 Å². The Morgan fingerprint density at radius 1 is 0.952 bits per heavy atom. The summed E-state index contributed by atoms with van der Waals surface area (Å²) in [5, 5.41) is 3.39. The maximum Gasteiger partial charge on any atom is 0.243 e. The molecule has 2 amide bonds. The number of hydrogen-bond donors (Lipinski definition) is 1. The SMILES string of the molecule is CC(C)CNC(=O)[C@H](Cc1ccccc1)N(Cc1ccccc1Cl)C(=O)CCCN(c1ccc(F)c(F)c1)S(C)(=O)=O. The molecule has 226 valence electrons. The van der Waals surface area contributed by atoms with Crippen molar-refractivity contribution < 1.29 is 26.8 Å². The number of hydrogen-bond acceptors (Lipinski definition) is 4. The highest BCUT2D eigenvalue weighted by atomic mass is 35.5. The summed E-state index contributed by atoms with van der Waals surface area (Å²) in [4.78, 5) is 28.8. The highest BCUT2D eigenvalue weighted by Crippen LogP contribution is 2.24. The summed E-state index contributed by atoms with van der Waals surface area (Å²) >= 11 is 6.44. The fourth-order valence-electron chi connectivity index (χ4n) is 4.43. The highest BCUT2D eigenvalue weighted by molar-refractivity contribution is 7.92. The van der Waals surface area contributed by atoms with Gasteiger partial charge in [0.25, 0.3) is 0 Å². The molecule has 0 saturated carbocycles. The van der Waals surface area contributed by atoms with E-state index in [-0.39, 0.29) is 55.8 Å². The molecule has 11 heteroatoms. The van der Waals surface area contributed by atoms with E-state index in [0.717, 1.165) is 28.3 Å². The Labute approximate surface area is 251 Å². The van der Waals surface area contributed by atoms with Crippen molar-refractivity contribution in [1.29, 1.82) is 0 Å². The molecule has 0 radical (unpaired) electrons. The van der Waals surface area contributed by atoms with E-state index in [0.29, 0.717) is 17.1 Å². The van der Waals surface area contributed by atoms with Crippen LogP contribution in [-0.4, -0.2) is 50.5 Å². The van der Waals surface area contributed by atoms with E-state index in [9.17, 15) is 26.8 Å². The number of sulfonamides is 1. The van der Waals surface area contributed by atoms with E-state index in [4.69, 9.17) is 11.6 Å². The van der Waals surface area contributed by atoms with Gasteiger partial charge in [0.1, 0.15) is 6.04 Å². The maximum absolute atomic E-state index is 13.9. The number of carbonyl (C=O) groups excluding carboxylic acids is 2. The van der Waals surface area contributed by atoms with Crippen LogP contribution in [0.4, 0.5) is 14.5 Å². The molecule has 7 nitrogen and oxygen atoms in total. The molecule has 3 rings (SSSR count). The number of rotatable bonds is 14. The predicted molar refractivity (Wildman–Crippen MR) is 162 cm³/mol. The number of nitrogens with one attached hydrogen (secondary N) is 1. The molecule has 0 aliphatic heterocycles. The van der Waals surface area contributed by atoms with Gasteiger partial charge in [-0.3, -0.25) is 13.9 Å². The maximum atomic E-state index is 13.9.